The van der Waals surface area contributed by atoms with E-state index in [2.05, 4.69) is 39.1 Å². The predicted molar refractivity (Wildman–Crippen MR) is 117 cm³/mol. The van der Waals surface area contributed by atoms with E-state index in [1.54, 1.807) is 6.26 Å². The first-order chi connectivity index (χ1) is 15.0. The highest BCUT2D eigenvalue weighted by atomic mass is 32.2. The zero-order valence-corrected chi connectivity index (χ0v) is 17.9. The Kier molecular flexibility index (Phi) is 6.48. The summed E-state index contributed by atoms with van der Waals surface area (Å²) in [5.74, 6) is 0.335. The second-order valence-electron chi connectivity index (χ2n) is 7.34. The minimum absolute atomic E-state index is 0.0995. The maximum Gasteiger partial charge on any atom is 0.433 e. The van der Waals surface area contributed by atoms with Gasteiger partial charge in [0.05, 0.1) is 6.04 Å². The Balaban J connectivity index is 1.56. The van der Waals surface area contributed by atoms with E-state index in [1.807, 2.05) is 41.3 Å². The lowest BCUT2D eigenvalue weighted by Crippen LogP contribution is -2.48. The van der Waals surface area contributed by atoms with Gasteiger partial charge in [-0.05, 0) is 17.4 Å². The number of halogens is 3. The molecular formula is C23H23F3N4S. The van der Waals surface area contributed by atoms with Crippen LogP contribution in [0.4, 0.5) is 19.0 Å². The van der Waals surface area contributed by atoms with Crippen LogP contribution in [0.3, 0.4) is 0 Å². The van der Waals surface area contributed by atoms with Crippen LogP contribution in [-0.2, 0) is 6.18 Å². The Labute approximate surface area is 184 Å². The van der Waals surface area contributed by atoms with Gasteiger partial charge in [0.25, 0.3) is 0 Å². The molecule has 0 saturated carbocycles. The number of hydrogen-bond acceptors (Lipinski definition) is 5. The van der Waals surface area contributed by atoms with Gasteiger partial charge in [-0.25, -0.2) is 9.97 Å². The molecule has 1 saturated heterocycles. The van der Waals surface area contributed by atoms with Crippen LogP contribution >= 0.6 is 11.8 Å². The maximum atomic E-state index is 13.3. The Morgan fingerprint density at radius 3 is 1.87 bits per heavy atom. The Hall–Kier alpha value is -2.58. The third kappa shape index (κ3) is 5.02. The van der Waals surface area contributed by atoms with Gasteiger partial charge in [-0.3, -0.25) is 4.90 Å². The number of benzene rings is 2. The van der Waals surface area contributed by atoms with Crippen molar-refractivity contribution in [1.82, 2.24) is 14.9 Å². The second kappa shape index (κ2) is 9.28. The summed E-state index contributed by atoms with van der Waals surface area (Å²) in [4.78, 5) is 12.3. The smallest absolute Gasteiger partial charge is 0.354 e. The van der Waals surface area contributed by atoms with E-state index >= 15 is 0 Å². The molecule has 0 bridgehead atoms. The molecular weight excluding hydrogens is 421 g/mol. The molecule has 3 aromatic rings. The largest absolute Gasteiger partial charge is 0.433 e. The molecule has 0 N–H and O–H groups in total. The normalized spacial score (nSPS) is 15.5. The fourth-order valence-electron chi connectivity index (χ4n) is 3.91. The van der Waals surface area contributed by atoms with E-state index in [0.29, 0.717) is 32.0 Å². The van der Waals surface area contributed by atoms with Gasteiger partial charge in [-0.15, -0.1) is 0 Å². The van der Waals surface area contributed by atoms with Crippen LogP contribution in [0.25, 0.3) is 0 Å². The van der Waals surface area contributed by atoms with E-state index in [0.717, 1.165) is 17.8 Å². The van der Waals surface area contributed by atoms with Crippen LogP contribution in [0, 0.1) is 0 Å². The summed E-state index contributed by atoms with van der Waals surface area (Å²) >= 11 is 1.12. The summed E-state index contributed by atoms with van der Waals surface area (Å²) in [6.07, 6.45) is -2.81. The Bertz CT molecular complexity index is 951. The van der Waals surface area contributed by atoms with Gasteiger partial charge in [-0.2, -0.15) is 13.2 Å². The van der Waals surface area contributed by atoms with Crippen molar-refractivity contribution in [3.63, 3.8) is 0 Å². The zero-order valence-electron chi connectivity index (χ0n) is 17.1. The standard InChI is InChI=1S/C23H23F3N4S/c1-31-22-27-19(23(24,25)26)16-20(28-22)29-12-14-30(15-13-29)21(17-8-4-2-5-9-17)18-10-6-3-7-11-18/h2-11,16,21H,12-15H2,1H3. The molecule has 0 radical (unpaired) electrons. The van der Waals surface area contributed by atoms with E-state index in [4.69, 9.17) is 0 Å². The number of rotatable bonds is 5. The zero-order chi connectivity index (χ0) is 21.8. The fourth-order valence-corrected chi connectivity index (χ4v) is 4.28. The number of thioether (sulfide) groups is 1. The average Bonchev–Trinajstić information content (AvgIpc) is 2.80. The summed E-state index contributed by atoms with van der Waals surface area (Å²) in [5.41, 5.74) is 1.51. The van der Waals surface area contributed by atoms with Gasteiger partial charge in [-0.1, -0.05) is 72.4 Å². The second-order valence-corrected chi connectivity index (χ2v) is 8.12. The molecule has 1 aromatic heterocycles. The highest BCUT2D eigenvalue weighted by Gasteiger charge is 2.35. The quantitative estimate of drug-likeness (QED) is 0.402. The van der Waals surface area contributed by atoms with Crippen molar-refractivity contribution < 1.29 is 13.2 Å². The van der Waals surface area contributed by atoms with Crippen molar-refractivity contribution in [2.45, 2.75) is 17.4 Å². The van der Waals surface area contributed by atoms with Crippen molar-refractivity contribution in [3.05, 3.63) is 83.6 Å². The van der Waals surface area contributed by atoms with Crippen molar-refractivity contribution in [2.24, 2.45) is 0 Å². The first-order valence-electron chi connectivity index (χ1n) is 10.0. The minimum atomic E-state index is -4.49. The molecule has 0 amide bonds. The van der Waals surface area contributed by atoms with E-state index in [9.17, 15) is 13.2 Å². The maximum absolute atomic E-state index is 13.3. The number of anilines is 1. The number of hydrogen-bond donors (Lipinski definition) is 0. The first-order valence-corrected chi connectivity index (χ1v) is 11.3. The van der Waals surface area contributed by atoms with Crippen molar-refractivity contribution >= 4 is 17.6 Å². The molecule has 0 atom stereocenters. The van der Waals surface area contributed by atoms with Crippen LogP contribution in [0.5, 0.6) is 0 Å². The Morgan fingerprint density at radius 2 is 1.39 bits per heavy atom. The molecule has 0 aliphatic carbocycles. The summed E-state index contributed by atoms with van der Waals surface area (Å²) < 4.78 is 39.8. The monoisotopic (exact) mass is 444 g/mol. The van der Waals surface area contributed by atoms with Gasteiger partial charge in [0, 0.05) is 32.2 Å². The summed E-state index contributed by atoms with van der Waals surface area (Å²) in [6, 6.07) is 21.8. The molecule has 4 nitrogen and oxygen atoms in total. The molecule has 4 rings (SSSR count). The predicted octanol–water partition coefficient (Wildman–Crippen LogP) is 5.13. The number of nitrogens with zero attached hydrogens (tertiary/aromatic N) is 4. The van der Waals surface area contributed by atoms with Crippen LogP contribution in [0.1, 0.15) is 22.9 Å². The van der Waals surface area contributed by atoms with Gasteiger partial charge in [0.15, 0.2) is 10.9 Å². The summed E-state index contributed by atoms with van der Waals surface area (Å²) in [6.45, 7) is 2.62. The molecule has 1 aliphatic heterocycles. The van der Waals surface area contributed by atoms with Gasteiger partial charge >= 0.3 is 6.18 Å². The third-order valence-electron chi connectivity index (χ3n) is 5.40. The van der Waals surface area contributed by atoms with Crippen molar-refractivity contribution in [3.8, 4) is 0 Å². The van der Waals surface area contributed by atoms with Gasteiger partial charge in [0.1, 0.15) is 5.82 Å². The van der Waals surface area contributed by atoms with Crippen LogP contribution in [0.2, 0.25) is 0 Å². The van der Waals surface area contributed by atoms with Crippen molar-refractivity contribution in [1.29, 1.82) is 0 Å². The molecule has 1 aliphatic rings. The molecule has 2 aromatic carbocycles. The molecule has 0 spiro atoms. The van der Waals surface area contributed by atoms with Gasteiger partial charge in [0.2, 0.25) is 0 Å². The summed E-state index contributed by atoms with van der Waals surface area (Å²) in [5, 5.41) is 0.138. The highest BCUT2D eigenvalue weighted by molar-refractivity contribution is 7.98. The lowest BCUT2D eigenvalue weighted by molar-refractivity contribution is -0.141. The lowest BCUT2D eigenvalue weighted by Gasteiger charge is -2.40. The van der Waals surface area contributed by atoms with E-state index < -0.39 is 11.9 Å². The Morgan fingerprint density at radius 1 is 0.839 bits per heavy atom. The van der Waals surface area contributed by atoms with Gasteiger partial charge < -0.3 is 4.90 Å². The molecule has 2 heterocycles. The number of aromatic nitrogens is 2. The lowest BCUT2D eigenvalue weighted by atomic mass is 9.96. The first kappa shape index (κ1) is 21.6. The highest BCUT2D eigenvalue weighted by Crippen LogP contribution is 2.33. The third-order valence-corrected chi connectivity index (χ3v) is 5.95. The molecule has 1 fully saturated rings. The van der Waals surface area contributed by atoms with E-state index in [-0.39, 0.29) is 11.2 Å². The van der Waals surface area contributed by atoms with Crippen molar-refractivity contribution in [2.75, 3.05) is 37.3 Å². The molecule has 8 heteroatoms. The molecule has 162 valence electrons. The van der Waals surface area contributed by atoms with Crippen LogP contribution in [0.15, 0.2) is 71.9 Å². The number of piperazine rings is 1. The SMILES string of the molecule is CSc1nc(N2CCN(C(c3ccccc3)c3ccccc3)CC2)cc(C(F)(F)F)n1. The van der Waals surface area contributed by atoms with E-state index in [1.165, 1.54) is 11.1 Å². The van der Waals surface area contributed by atoms with Crippen LogP contribution < -0.4 is 4.90 Å². The fraction of sp³-hybridized carbons (Fsp3) is 0.304. The summed E-state index contributed by atoms with van der Waals surface area (Å²) in [7, 11) is 0. The molecule has 31 heavy (non-hydrogen) atoms. The minimum Gasteiger partial charge on any atom is -0.354 e. The average molecular weight is 445 g/mol. The van der Waals surface area contributed by atoms with Crippen LogP contribution in [-0.4, -0.2) is 47.3 Å². The molecule has 0 unspecified atom stereocenters. The topological polar surface area (TPSA) is 32.3 Å². The number of alkyl halides is 3.